The van der Waals surface area contributed by atoms with E-state index < -0.39 is 0 Å². The van der Waals surface area contributed by atoms with Crippen molar-refractivity contribution >= 4 is 23.2 Å². The Morgan fingerprint density at radius 2 is 2.28 bits per heavy atom. The number of hydrogen-bond acceptors (Lipinski definition) is 5. The van der Waals surface area contributed by atoms with Crippen LogP contribution in [0.3, 0.4) is 0 Å². The van der Waals surface area contributed by atoms with E-state index in [0.29, 0.717) is 18.1 Å². The number of anilines is 1. The van der Waals surface area contributed by atoms with E-state index in [2.05, 4.69) is 37.3 Å². The molecule has 156 valence electrons. The van der Waals surface area contributed by atoms with E-state index in [-0.39, 0.29) is 6.04 Å². The van der Waals surface area contributed by atoms with Gasteiger partial charge in [-0.1, -0.05) is 17.7 Å². The lowest BCUT2D eigenvalue weighted by molar-refractivity contribution is 0.415. The largest absolute Gasteiger partial charge is 0.495 e. The topological polar surface area (TPSA) is 79.6 Å². The Balaban J connectivity index is 1.67. The first-order valence-corrected chi connectivity index (χ1v) is 9.98. The minimum atomic E-state index is 0.246. The van der Waals surface area contributed by atoms with E-state index in [1.807, 2.05) is 36.7 Å². The zero-order valence-corrected chi connectivity index (χ0v) is 17.9. The van der Waals surface area contributed by atoms with Crippen LogP contribution in [0.1, 0.15) is 18.1 Å². The van der Waals surface area contributed by atoms with Crippen LogP contribution in [-0.4, -0.2) is 53.5 Å². The lowest BCUT2D eigenvalue weighted by atomic mass is 10.2. The molecule has 1 aliphatic rings. The number of hydrogen-bond donors (Lipinski definition) is 2. The van der Waals surface area contributed by atoms with Crippen LogP contribution in [0.25, 0.3) is 0 Å². The van der Waals surface area contributed by atoms with Crippen molar-refractivity contribution in [1.29, 1.82) is 0 Å². The molecule has 0 spiro atoms. The summed E-state index contributed by atoms with van der Waals surface area (Å²) in [4.78, 5) is 6.95. The number of benzene rings is 1. The second-order valence-corrected chi connectivity index (χ2v) is 7.39. The van der Waals surface area contributed by atoms with Gasteiger partial charge in [0.25, 0.3) is 0 Å². The summed E-state index contributed by atoms with van der Waals surface area (Å²) >= 11 is 6.19. The Bertz CT molecular complexity index is 880. The van der Waals surface area contributed by atoms with E-state index >= 15 is 0 Å². The van der Waals surface area contributed by atoms with Crippen molar-refractivity contribution < 1.29 is 4.74 Å². The molecular formula is C20H28ClN7O. The average molecular weight is 418 g/mol. The summed E-state index contributed by atoms with van der Waals surface area (Å²) in [5.41, 5.74) is 1.01. The van der Waals surface area contributed by atoms with Crippen LogP contribution in [0.2, 0.25) is 5.02 Å². The Labute approximate surface area is 176 Å². The van der Waals surface area contributed by atoms with E-state index in [1.54, 1.807) is 13.2 Å². The number of nitrogens with zero attached hydrogens (tertiary/aromatic N) is 5. The maximum absolute atomic E-state index is 6.19. The van der Waals surface area contributed by atoms with Gasteiger partial charge in [-0.2, -0.15) is 0 Å². The molecule has 1 atom stereocenters. The lowest BCUT2D eigenvalue weighted by Gasteiger charge is -2.22. The summed E-state index contributed by atoms with van der Waals surface area (Å²) in [5, 5.41) is 15.8. The van der Waals surface area contributed by atoms with Crippen molar-refractivity contribution in [2.45, 2.75) is 25.9 Å². The summed E-state index contributed by atoms with van der Waals surface area (Å²) < 4.78 is 7.44. The molecule has 2 heterocycles. The Hall–Kier alpha value is -2.74. The van der Waals surface area contributed by atoms with Gasteiger partial charge in [0.15, 0.2) is 11.8 Å². The molecule has 1 aromatic carbocycles. The number of guanidine groups is 1. The second kappa shape index (κ2) is 9.65. The molecule has 0 aliphatic carbocycles. The van der Waals surface area contributed by atoms with Gasteiger partial charge in [-0.3, -0.25) is 0 Å². The second-order valence-electron chi connectivity index (χ2n) is 6.95. The molecule has 1 fully saturated rings. The zero-order valence-electron chi connectivity index (χ0n) is 17.2. The van der Waals surface area contributed by atoms with Gasteiger partial charge in [-0.05, 0) is 31.5 Å². The summed E-state index contributed by atoms with van der Waals surface area (Å²) in [7, 11) is 3.62. The van der Waals surface area contributed by atoms with Gasteiger partial charge in [0, 0.05) is 37.7 Å². The number of nitrogens with one attached hydrogen (secondary N) is 2. The molecule has 0 bridgehead atoms. The van der Waals surface area contributed by atoms with E-state index in [0.717, 1.165) is 48.6 Å². The quantitative estimate of drug-likeness (QED) is 0.409. The molecule has 29 heavy (non-hydrogen) atoms. The number of methoxy groups -OCH3 is 1. The van der Waals surface area contributed by atoms with Crippen LogP contribution < -0.4 is 20.3 Å². The summed E-state index contributed by atoms with van der Waals surface area (Å²) in [6.07, 6.45) is 2.79. The Morgan fingerprint density at radius 1 is 1.45 bits per heavy atom. The van der Waals surface area contributed by atoms with Gasteiger partial charge in [0.1, 0.15) is 18.1 Å². The molecule has 1 aliphatic heterocycles. The molecule has 2 aromatic rings. The van der Waals surface area contributed by atoms with Crippen molar-refractivity contribution in [1.82, 2.24) is 25.4 Å². The first-order valence-electron chi connectivity index (χ1n) is 9.61. The fraction of sp³-hybridized carbons (Fsp3) is 0.450. The van der Waals surface area contributed by atoms with Gasteiger partial charge >= 0.3 is 0 Å². The number of aromatic nitrogens is 3. The zero-order chi connectivity index (χ0) is 20.8. The third-order valence-corrected chi connectivity index (χ3v) is 5.22. The normalized spacial score (nSPS) is 16.8. The minimum absolute atomic E-state index is 0.246. The molecule has 0 saturated carbocycles. The number of halogens is 1. The highest BCUT2D eigenvalue weighted by Gasteiger charge is 2.25. The molecular weight excluding hydrogens is 390 g/mol. The summed E-state index contributed by atoms with van der Waals surface area (Å²) in [5.74, 6) is 3.24. The third kappa shape index (κ3) is 5.20. The highest BCUT2D eigenvalue weighted by molar-refractivity contribution is 6.30. The van der Waals surface area contributed by atoms with Crippen LogP contribution in [0, 0.1) is 6.92 Å². The predicted octanol–water partition coefficient (Wildman–Crippen LogP) is 2.29. The fourth-order valence-electron chi connectivity index (χ4n) is 3.26. The lowest BCUT2D eigenvalue weighted by Crippen LogP contribution is -2.44. The summed E-state index contributed by atoms with van der Waals surface area (Å²) in [6, 6.07) is 5.94. The molecule has 2 N–H and O–H groups in total. The number of aryl methyl sites for hydroxylation is 1. The Kier molecular flexibility index (Phi) is 6.98. The van der Waals surface area contributed by atoms with Crippen LogP contribution in [0.15, 0.2) is 35.8 Å². The van der Waals surface area contributed by atoms with E-state index in [1.165, 1.54) is 0 Å². The number of aliphatic imine (C=N–C) groups is 1. The van der Waals surface area contributed by atoms with Crippen molar-refractivity contribution in [2.75, 3.05) is 31.6 Å². The molecule has 1 unspecified atom stereocenters. The summed E-state index contributed by atoms with van der Waals surface area (Å²) in [6.45, 7) is 8.51. The maximum Gasteiger partial charge on any atom is 0.192 e. The van der Waals surface area contributed by atoms with Gasteiger partial charge in [0.2, 0.25) is 0 Å². The monoisotopic (exact) mass is 417 g/mol. The van der Waals surface area contributed by atoms with Crippen LogP contribution in [0.5, 0.6) is 5.75 Å². The standard InChI is InChI=1S/C20H28ClN7O/c1-5-9-22-20(23-12-19-26-25-14(2)27(19)3)24-16-8-10-28(13-16)17-11-15(21)6-7-18(17)29-4/h5-7,11,16H,1,8-10,12-13H2,2-4H3,(H2,22,23,24). The first-order chi connectivity index (χ1) is 14.0. The predicted molar refractivity (Wildman–Crippen MR) is 117 cm³/mol. The first kappa shape index (κ1) is 21.0. The van der Waals surface area contributed by atoms with Crippen molar-refractivity contribution in [3.8, 4) is 5.75 Å². The van der Waals surface area contributed by atoms with Gasteiger partial charge in [-0.25, -0.2) is 4.99 Å². The fourth-order valence-corrected chi connectivity index (χ4v) is 3.43. The molecule has 3 rings (SSSR count). The van der Waals surface area contributed by atoms with Gasteiger partial charge < -0.3 is 24.8 Å². The molecule has 8 nitrogen and oxygen atoms in total. The Morgan fingerprint density at radius 3 is 2.97 bits per heavy atom. The van der Waals surface area contributed by atoms with Crippen molar-refractivity contribution in [2.24, 2.45) is 12.0 Å². The molecule has 9 heteroatoms. The highest BCUT2D eigenvalue weighted by atomic mass is 35.5. The minimum Gasteiger partial charge on any atom is -0.495 e. The molecule has 1 saturated heterocycles. The third-order valence-electron chi connectivity index (χ3n) is 4.99. The van der Waals surface area contributed by atoms with Crippen LogP contribution in [0.4, 0.5) is 5.69 Å². The molecule has 0 radical (unpaired) electrons. The van der Waals surface area contributed by atoms with Crippen molar-refractivity contribution in [3.63, 3.8) is 0 Å². The highest BCUT2D eigenvalue weighted by Crippen LogP contribution is 2.33. The van der Waals surface area contributed by atoms with Crippen molar-refractivity contribution in [3.05, 3.63) is 47.5 Å². The number of ether oxygens (including phenoxy) is 1. The number of rotatable bonds is 7. The smallest absolute Gasteiger partial charge is 0.192 e. The average Bonchev–Trinajstić information content (AvgIpc) is 3.31. The van der Waals surface area contributed by atoms with E-state index in [9.17, 15) is 0 Å². The van der Waals surface area contributed by atoms with Gasteiger partial charge in [-0.15, -0.1) is 16.8 Å². The van der Waals surface area contributed by atoms with Crippen LogP contribution >= 0.6 is 11.6 Å². The van der Waals surface area contributed by atoms with Crippen LogP contribution in [-0.2, 0) is 13.6 Å². The molecule has 1 aromatic heterocycles. The maximum atomic E-state index is 6.19. The SMILES string of the molecule is C=CCNC(=NCc1nnc(C)n1C)NC1CCN(c2cc(Cl)ccc2OC)C1. The van der Waals surface area contributed by atoms with Gasteiger partial charge in [0.05, 0.1) is 12.8 Å². The molecule has 0 amide bonds. The van der Waals surface area contributed by atoms with E-state index in [4.69, 9.17) is 16.3 Å².